The Hall–Kier alpha value is -1.72. The van der Waals surface area contributed by atoms with Crippen LogP contribution in [0, 0.1) is 0 Å². The summed E-state index contributed by atoms with van der Waals surface area (Å²) in [5.41, 5.74) is 0.697. The number of amides is 2. The predicted molar refractivity (Wildman–Crippen MR) is 97.4 cm³/mol. The lowest BCUT2D eigenvalue weighted by Crippen LogP contribution is -2.51. The molecule has 0 aromatic heterocycles. The summed E-state index contributed by atoms with van der Waals surface area (Å²) in [6.07, 6.45) is 6.56. The van der Waals surface area contributed by atoms with Gasteiger partial charge < -0.3 is 4.90 Å². The van der Waals surface area contributed by atoms with E-state index in [9.17, 15) is 9.59 Å². The van der Waals surface area contributed by atoms with Crippen molar-refractivity contribution in [1.29, 1.82) is 0 Å². The second-order valence-corrected chi connectivity index (χ2v) is 7.49. The second-order valence-electron chi connectivity index (χ2n) is 7.49. The Morgan fingerprint density at radius 1 is 0.800 bits per heavy atom. The van der Waals surface area contributed by atoms with Crippen molar-refractivity contribution < 1.29 is 9.59 Å². The summed E-state index contributed by atoms with van der Waals surface area (Å²) in [5, 5.41) is 0. The number of nitrogens with zero attached hydrogens (tertiary/aromatic N) is 3. The quantitative estimate of drug-likeness (QED) is 0.791. The van der Waals surface area contributed by atoms with E-state index >= 15 is 0 Å². The van der Waals surface area contributed by atoms with Crippen LogP contribution in [-0.4, -0.2) is 59.9 Å². The van der Waals surface area contributed by atoms with E-state index in [2.05, 4.69) is 9.80 Å². The standard InChI is InChI=1S/C20H27N3O2/c24-19-15-18(20(25)23(19)17-7-3-1-4-8-17)22-13-9-16(10-14-22)21-11-5-2-6-12-21/h1,3-4,7-8,16,18H,2,5-6,9-15H2. The molecule has 2 amide bonds. The zero-order chi connectivity index (χ0) is 17.2. The average molecular weight is 341 g/mol. The number of imide groups is 1. The van der Waals surface area contributed by atoms with Gasteiger partial charge in [-0.15, -0.1) is 0 Å². The molecule has 1 unspecified atom stereocenters. The van der Waals surface area contributed by atoms with Crippen LogP contribution in [0.1, 0.15) is 38.5 Å². The average Bonchev–Trinajstić information content (AvgIpc) is 2.97. The molecular formula is C20H27N3O2. The van der Waals surface area contributed by atoms with Gasteiger partial charge in [0.15, 0.2) is 0 Å². The van der Waals surface area contributed by atoms with E-state index in [1.807, 2.05) is 30.3 Å². The molecule has 0 spiro atoms. The summed E-state index contributed by atoms with van der Waals surface area (Å²) in [4.78, 5) is 31.5. The molecule has 1 aromatic carbocycles. The van der Waals surface area contributed by atoms with Gasteiger partial charge in [-0.05, 0) is 50.9 Å². The van der Waals surface area contributed by atoms with Crippen LogP contribution in [0.3, 0.4) is 0 Å². The molecule has 3 heterocycles. The van der Waals surface area contributed by atoms with E-state index < -0.39 is 0 Å². The van der Waals surface area contributed by atoms with Crippen LogP contribution in [0.25, 0.3) is 0 Å². The summed E-state index contributed by atoms with van der Waals surface area (Å²) in [7, 11) is 0. The van der Waals surface area contributed by atoms with Crippen LogP contribution in [-0.2, 0) is 9.59 Å². The van der Waals surface area contributed by atoms with Gasteiger partial charge in [0.25, 0.3) is 5.91 Å². The summed E-state index contributed by atoms with van der Waals surface area (Å²) < 4.78 is 0. The number of carbonyl (C=O) groups is 2. The predicted octanol–water partition coefficient (Wildman–Crippen LogP) is 2.27. The van der Waals surface area contributed by atoms with Gasteiger partial charge in [-0.2, -0.15) is 0 Å². The van der Waals surface area contributed by atoms with Gasteiger partial charge in [0.2, 0.25) is 5.91 Å². The summed E-state index contributed by atoms with van der Waals surface area (Å²) in [6, 6.07) is 9.70. The van der Waals surface area contributed by atoms with Crippen molar-refractivity contribution in [2.75, 3.05) is 31.1 Å². The van der Waals surface area contributed by atoms with Crippen LogP contribution in [0.4, 0.5) is 5.69 Å². The maximum Gasteiger partial charge on any atom is 0.251 e. The van der Waals surface area contributed by atoms with Crippen molar-refractivity contribution in [1.82, 2.24) is 9.80 Å². The molecule has 3 aliphatic heterocycles. The molecule has 3 fully saturated rings. The van der Waals surface area contributed by atoms with Crippen molar-refractivity contribution in [3.8, 4) is 0 Å². The molecule has 5 nitrogen and oxygen atoms in total. The first-order chi connectivity index (χ1) is 12.2. The minimum absolute atomic E-state index is 0.0485. The number of benzene rings is 1. The van der Waals surface area contributed by atoms with Gasteiger partial charge in [0.1, 0.15) is 0 Å². The van der Waals surface area contributed by atoms with Crippen molar-refractivity contribution in [2.24, 2.45) is 0 Å². The molecule has 25 heavy (non-hydrogen) atoms. The molecule has 0 bridgehead atoms. The molecule has 3 aliphatic rings. The third-order valence-electron chi connectivity index (χ3n) is 5.98. The number of hydrogen-bond donors (Lipinski definition) is 0. The fraction of sp³-hybridized carbons (Fsp3) is 0.600. The van der Waals surface area contributed by atoms with Crippen LogP contribution >= 0.6 is 0 Å². The highest BCUT2D eigenvalue weighted by atomic mass is 16.2. The SMILES string of the molecule is O=C1CC(N2CCC(N3CCCCC3)CC2)C(=O)N1c1ccccc1. The highest BCUT2D eigenvalue weighted by Gasteiger charge is 2.43. The normalized spacial score (nSPS) is 27.2. The smallest absolute Gasteiger partial charge is 0.251 e. The number of rotatable bonds is 3. The monoisotopic (exact) mass is 341 g/mol. The molecular weight excluding hydrogens is 314 g/mol. The van der Waals surface area contributed by atoms with E-state index in [0.717, 1.165) is 25.9 Å². The first kappa shape index (κ1) is 16.7. The second kappa shape index (κ2) is 7.26. The first-order valence-corrected chi connectivity index (χ1v) is 9.64. The Bertz CT molecular complexity index is 619. The summed E-state index contributed by atoms with van der Waals surface area (Å²) in [6.45, 7) is 4.31. The number of para-hydroxylation sites is 1. The number of piperidine rings is 2. The van der Waals surface area contributed by atoms with Crippen LogP contribution in [0.15, 0.2) is 30.3 Å². The lowest BCUT2D eigenvalue weighted by atomic mass is 9.98. The topological polar surface area (TPSA) is 43.9 Å². The molecule has 0 saturated carbocycles. The van der Waals surface area contributed by atoms with Crippen LogP contribution in [0.2, 0.25) is 0 Å². The maximum absolute atomic E-state index is 12.9. The van der Waals surface area contributed by atoms with Crippen LogP contribution < -0.4 is 4.90 Å². The lowest BCUT2D eigenvalue weighted by Gasteiger charge is -2.41. The lowest BCUT2D eigenvalue weighted by molar-refractivity contribution is -0.123. The molecule has 0 aliphatic carbocycles. The van der Waals surface area contributed by atoms with E-state index in [1.54, 1.807) is 0 Å². The molecule has 5 heteroatoms. The van der Waals surface area contributed by atoms with E-state index in [4.69, 9.17) is 0 Å². The minimum Gasteiger partial charge on any atom is -0.300 e. The molecule has 1 aromatic rings. The third-order valence-corrected chi connectivity index (χ3v) is 5.98. The number of anilines is 1. The Labute approximate surface area is 149 Å². The Morgan fingerprint density at radius 3 is 2.16 bits per heavy atom. The van der Waals surface area contributed by atoms with Gasteiger partial charge >= 0.3 is 0 Å². The highest BCUT2D eigenvalue weighted by molar-refractivity contribution is 6.22. The molecule has 0 radical (unpaired) electrons. The Kier molecular flexibility index (Phi) is 4.86. The van der Waals surface area contributed by atoms with Gasteiger partial charge in [-0.3, -0.25) is 14.5 Å². The van der Waals surface area contributed by atoms with Gasteiger partial charge in [-0.25, -0.2) is 4.90 Å². The van der Waals surface area contributed by atoms with Gasteiger partial charge in [0.05, 0.1) is 18.2 Å². The van der Waals surface area contributed by atoms with Crippen molar-refractivity contribution >= 4 is 17.5 Å². The van der Waals surface area contributed by atoms with E-state index in [1.165, 1.54) is 37.3 Å². The zero-order valence-electron chi connectivity index (χ0n) is 14.8. The molecule has 4 rings (SSSR count). The Balaban J connectivity index is 1.38. The number of hydrogen-bond acceptors (Lipinski definition) is 4. The molecule has 134 valence electrons. The van der Waals surface area contributed by atoms with E-state index in [0.29, 0.717) is 18.2 Å². The summed E-state index contributed by atoms with van der Waals surface area (Å²) in [5.74, 6) is -0.119. The van der Waals surface area contributed by atoms with Crippen LogP contribution in [0.5, 0.6) is 0 Å². The van der Waals surface area contributed by atoms with Gasteiger partial charge in [-0.1, -0.05) is 24.6 Å². The minimum atomic E-state index is -0.269. The third kappa shape index (κ3) is 3.35. The summed E-state index contributed by atoms with van der Waals surface area (Å²) >= 11 is 0. The molecule has 3 saturated heterocycles. The van der Waals surface area contributed by atoms with Gasteiger partial charge in [0, 0.05) is 19.1 Å². The first-order valence-electron chi connectivity index (χ1n) is 9.64. The fourth-order valence-electron chi connectivity index (χ4n) is 4.60. The van der Waals surface area contributed by atoms with Crippen molar-refractivity contribution in [3.63, 3.8) is 0 Å². The van der Waals surface area contributed by atoms with Crippen molar-refractivity contribution in [3.05, 3.63) is 30.3 Å². The molecule has 1 atom stereocenters. The highest BCUT2D eigenvalue weighted by Crippen LogP contribution is 2.28. The van der Waals surface area contributed by atoms with Crippen molar-refractivity contribution in [2.45, 2.75) is 50.6 Å². The fourth-order valence-corrected chi connectivity index (χ4v) is 4.60. The number of carbonyl (C=O) groups excluding carboxylic acids is 2. The maximum atomic E-state index is 12.9. The number of likely N-dealkylation sites (tertiary alicyclic amines) is 2. The Morgan fingerprint density at radius 2 is 1.48 bits per heavy atom. The van der Waals surface area contributed by atoms with E-state index in [-0.39, 0.29) is 17.9 Å². The molecule has 0 N–H and O–H groups in total. The zero-order valence-corrected chi connectivity index (χ0v) is 14.8. The largest absolute Gasteiger partial charge is 0.300 e.